The van der Waals surface area contributed by atoms with Crippen LogP contribution in [0, 0.1) is 5.92 Å². The Morgan fingerprint density at radius 1 is 1.00 bits per heavy atom. The van der Waals surface area contributed by atoms with Crippen molar-refractivity contribution in [3.63, 3.8) is 0 Å². The van der Waals surface area contributed by atoms with E-state index < -0.39 is 0 Å². The fourth-order valence-electron chi connectivity index (χ4n) is 2.78. The van der Waals surface area contributed by atoms with Gasteiger partial charge in [-0.3, -0.25) is 0 Å². The highest BCUT2D eigenvalue weighted by atomic mass is 79.9. The highest BCUT2D eigenvalue weighted by Crippen LogP contribution is 2.32. The summed E-state index contributed by atoms with van der Waals surface area (Å²) in [6.45, 7) is 7.91. The summed E-state index contributed by atoms with van der Waals surface area (Å²) in [6, 6.07) is 13.6. The van der Waals surface area contributed by atoms with Crippen LogP contribution in [0.1, 0.15) is 51.6 Å². The molecular formula is C19H26BrN. The Kier molecular flexibility index (Phi) is 6.25. The van der Waals surface area contributed by atoms with E-state index in [1.165, 1.54) is 40.1 Å². The monoisotopic (exact) mass is 347 g/mol. The molecule has 114 valence electrons. The van der Waals surface area contributed by atoms with Gasteiger partial charge in [-0.15, -0.1) is 0 Å². The Balaban J connectivity index is 2.36. The summed E-state index contributed by atoms with van der Waals surface area (Å²) < 4.78 is 1.18. The number of fused-ring (bicyclic) bond motifs is 1. The van der Waals surface area contributed by atoms with E-state index in [4.69, 9.17) is 0 Å². The minimum atomic E-state index is 0.449. The number of nitrogens with one attached hydrogen (secondary N) is 1. The van der Waals surface area contributed by atoms with Gasteiger partial charge < -0.3 is 5.32 Å². The number of halogens is 1. The van der Waals surface area contributed by atoms with Gasteiger partial charge in [0.2, 0.25) is 0 Å². The first kappa shape index (κ1) is 16.5. The Labute approximate surface area is 137 Å². The van der Waals surface area contributed by atoms with E-state index >= 15 is 0 Å². The van der Waals surface area contributed by atoms with Crippen LogP contribution in [-0.2, 0) is 0 Å². The first-order valence-corrected chi connectivity index (χ1v) is 8.83. The zero-order chi connectivity index (χ0) is 15.2. The summed E-state index contributed by atoms with van der Waals surface area (Å²) in [6.07, 6.45) is 3.63. The van der Waals surface area contributed by atoms with Crippen LogP contribution in [0.2, 0.25) is 0 Å². The quantitative estimate of drug-likeness (QED) is 0.639. The van der Waals surface area contributed by atoms with Crippen molar-refractivity contribution >= 4 is 26.7 Å². The van der Waals surface area contributed by atoms with E-state index in [1.54, 1.807) is 0 Å². The maximum absolute atomic E-state index is 3.74. The molecule has 0 aliphatic rings. The topological polar surface area (TPSA) is 12.0 Å². The predicted molar refractivity (Wildman–Crippen MR) is 96.8 cm³/mol. The molecule has 2 aromatic rings. The minimum absolute atomic E-state index is 0.449. The lowest BCUT2D eigenvalue weighted by molar-refractivity contribution is 0.442. The second kappa shape index (κ2) is 7.95. The maximum Gasteiger partial charge on any atom is 0.0326 e. The smallest absolute Gasteiger partial charge is 0.0326 e. The van der Waals surface area contributed by atoms with Crippen LogP contribution in [-0.4, -0.2) is 6.54 Å². The van der Waals surface area contributed by atoms with E-state index in [2.05, 4.69) is 78.4 Å². The average Bonchev–Trinajstić information content (AvgIpc) is 2.49. The van der Waals surface area contributed by atoms with Gasteiger partial charge in [0.15, 0.2) is 0 Å². The Hall–Kier alpha value is -0.860. The van der Waals surface area contributed by atoms with Crippen LogP contribution in [0.25, 0.3) is 10.8 Å². The molecule has 0 bridgehead atoms. The van der Waals surface area contributed by atoms with Gasteiger partial charge in [0.25, 0.3) is 0 Å². The molecular weight excluding hydrogens is 322 g/mol. The molecule has 1 nitrogen and oxygen atoms in total. The standard InChI is InChI=1S/C19H26BrN/c1-4-13-21-19(12-9-14(2)3)17-10-11-18(20)16-8-6-5-7-15(16)17/h5-8,10-11,14,19,21H,4,9,12-13H2,1-3H3. The molecule has 0 saturated heterocycles. The maximum atomic E-state index is 3.74. The van der Waals surface area contributed by atoms with Crippen molar-refractivity contribution in [1.29, 1.82) is 0 Å². The molecule has 2 aromatic carbocycles. The Bertz CT molecular complexity index is 577. The third kappa shape index (κ3) is 4.31. The zero-order valence-electron chi connectivity index (χ0n) is 13.3. The van der Waals surface area contributed by atoms with E-state index in [9.17, 15) is 0 Å². The highest BCUT2D eigenvalue weighted by Gasteiger charge is 2.15. The molecule has 0 heterocycles. The Morgan fingerprint density at radius 2 is 1.71 bits per heavy atom. The average molecular weight is 348 g/mol. The van der Waals surface area contributed by atoms with Crippen LogP contribution >= 0.6 is 15.9 Å². The van der Waals surface area contributed by atoms with Crippen LogP contribution in [0.5, 0.6) is 0 Å². The molecule has 0 fully saturated rings. The molecule has 0 saturated carbocycles. The molecule has 1 atom stereocenters. The molecule has 2 rings (SSSR count). The third-order valence-corrected chi connectivity index (χ3v) is 4.64. The SMILES string of the molecule is CCCNC(CCC(C)C)c1ccc(Br)c2ccccc12. The van der Waals surface area contributed by atoms with Crippen LogP contribution in [0.15, 0.2) is 40.9 Å². The summed E-state index contributed by atoms with van der Waals surface area (Å²) >= 11 is 3.67. The lowest BCUT2D eigenvalue weighted by Gasteiger charge is -2.22. The molecule has 0 aliphatic carbocycles. The largest absolute Gasteiger partial charge is 0.310 e. The van der Waals surface area contributed by atoms with Crippen molar-refractivity contribution < 1.29 is 0 Å². The first-order chi connectivity index (χ1) is 10.1. The van der Waals surface area contributed by atoms with Crippen molar-refractivity contribution in [3.05, 3.63) is 46.4 Å². The summed E-state index contributed by atoms with van der Waals surface area (Å²) in [5.41, 5.74) is 1.43. The molecule has 2 heteroatoms. The molecule has 21 heavy (non-hydrogen) atoms. The molecule has 1 unspecified atom stereocenters. The van der Waals surface area contributed by atoms with Gasteiger partial charge >= 0.3 is 0 Å². The van der Waals surface area contributed by atoms with Crippen LogP contribution in [0.3, 0.4) is 0 Å². The Morgan fingerprint density at radius 3 is 2.38 bits per heavy atom. The molecule has 1 N–H and O–H groups in total. The van der Waals surface area contributed by atoms with Gasteiger partial charge in [-0.25, -0.2) is 0 Å². The van der Waals surface area contributed by atoms with E-state index in [1.807, 2.05) is 0 Å². The van der Waals surface area contributed by atoms with Crippen molar-refractivity contribution in [2.45, 2.75) is 46.1 Å². The lowest BCUT2D eigenvalue weighted by Crippen LogP contribution is -2.22. The molecule has 0 radical (unpaired) electrons. The van der Waals surface area contributed by atoms with Gasteiger partial charge in [0, 0.05) is 10.5 Å². The molecule has 0 aromatic heterocycles. The number of hydrogen-bond acceptors (Lipinski definition) is 1. The summed E-state index contributed by atoms with van der Waals surface area (Å²) in [5.74, 6) is 0.748. The van der Waals surface area contributed by atoms with E-state index in [0.717, 1.165) is 12.5 Å². The van der Waals surface area contributed by atoms with Crippen molar-refractivity contribution in [2.75, 3.05) is 6.54 Å². The van der Waals surface area contributed by atoms with E-state index in [0.29, 0.717) is 6.04 Å². The minimum Gasteiger partial charge on any atom is -0.310 e. The van der Waals surface area contributed by atoms with Crippen LogP contribution < -0.4 is 5.32 Å². The van der Waals surface area contributed by atoms with Gasteiger partial charge in [-0.1, -0.05) is 67.0 Å². The molecule has 0 amide bonds. The predicted octanol–water partition coefficient (Wildman–Crippen LogP) is 6.08. The normalized spacial score (nSPS) is 13.0. The summed E-state index contributed by atoms with van der Waals surface area (Å²) in [7, 11) is 0. The molecule has 0 spiro atoms. The number of benzene rings is 2. The van der Waals surface area contributed by atoms with Gasteiger partial charge in [-0.2, -0.15) is 0 Å². The summed E-state index contributed by atoms with van der Waals surface area (Å²) in [5, 5.41) is 6.41. The third-order valence-electron chi connectivity index (χ3n) is 3.95. The van der Waals surface area contributed by atoms with E-state index in [-0.39, 0.29) is 0 Å². The zero-order valence-corrected chi connectivity index (χ0v) is 14.9. The fourth-order valence-corrected chi connectivity index (χ4v) is 3.25. The van der Waals surface area contributed by atoms with Crippen LogP contribution in [0.4, 0.5) is 0 Å². The highest BCUT2D eigenvalue weighted by molar-refractivity contribution is 9.10. The summed E-state index contributed by atoms with van der Waals surface area (Å²) in [4.78, 5) is 0. The van der Waals surface area contributed by atoms with Gasteiger partial charge in [0.05, 0.1) is 0 Å². The van der Waals surface area contributed by atoms with Crippen molar-refractivity contribution in [3.8, 4) is 0 Å². The number of hydrogen-bond donors (Lipinski definition) is 1. The lowest BCUT2D eigenvalue weighted by atomic mass is 9.93. The number of rotatable bonds is 7. The van der Waals surface area contributed by atoms with Gasteiger partial charge in [0.1, 0.15) is 0 Å². The molecule has 0 aliphatic heterocycles. The second-order valence-electron chi connectivity index (χ2n) is 6.16. The van der Waals surface area contributed by atoms with Crippen molar-refractivity contribution in [2.24, 2.45) is 5.92 Å². The second-order valence-corrected chi connectivity index (χ2v) is 7.01. The first-order valence-electron chi connectivity index (χ1n) is 8.04. The van der Waals surface area contributed by atoms with Crippen molar-refractivity contribution in [1.82, 2.24) is 5.32 Å². The van der Waals surface area contributed by atoms with Gasteiger partial charge in [-0.05, 0) is 54.1 Å². The fraction of sp³-hybridized carbons (Fsp3) is 0.474.